The van der Waals surface area contributed by atoms with Crippen molar-refractivity contribution >= 4 is 5.69 Å². The van der Waals surface area contributed by atoms with Gasteiger partial charge in [-0.1, -0.05) is 26.0 Å². The monoisotopic (exact) mass is 164 g/mol. The third-order valence-corrected chi connectivity index (χ3v) is 1.62. The van der Waals surface area contributed by atoms with Crippen molar-refractivity contribution in [3.63, 3.8) is 0 Å². The molecule has 1 aromatic rings. The Bertz CT molecular complexity index is 294. The first-order valence-corrected chi connectivity index (χ1v) is 3.78. The number of non-ortho nitro benzene ring substituents is 1. The van der Waals surface area contributed by atoms with Gasteiger partial charge in [-0.25, -0.2) is 0 Å². The third kappa shape index (κ3) is 1.81. The first kappa shape index (κ1) is 8.71. The van der Waals surface area contributed by atoms with Crippen molar-refractivity contribution in [1.82, 2.24) is 0 Å². The summed E-state index contributed by atoms with van der Waals surface area (Å²) in [5.74, 6) is 0.282. The maximum Gasteiger partial charge on any atom is 0.277 e. The van der Waals surface area contributed by atoms with E-state index in [-0.39, 0.29) is 11.6 Å². The zero-order valence-corrected chi connectivity index (χ0v) is 7.07. The van der Waals surface area contributed by atoms with Gasteiger partial charge in [0.05, 0.1) is 11.0 Å². The van der Waals surface area contributed by atoms with Gasteiger partial charge in [-0.2, -0.15) is 0 Å². The molecular formula is C9H10NO2. The molecule has 12 heavy (non-hydrogen) atoms. The molecule has 0 unspecified atom stereocenters. The number of benzene rings is 1. The first-order chi connectivity index (χ1) is 5.61. The fraction of sp³-hybridized carbons (Fsp3) is 0.333. The summed E-state index contributed by atoms with van der Waals surface area (Å²) < 4.78 is 0. The van der Waals surface area contributed by atoms with Gasteiger partial charge >= 0.3 is 0 Å². The molecule has 0 aromatic heterocycles. The van der Waals surface area contributed by atoms with E-state index in [4.69, 9.17) is 0 Å². The van der Waals surface area contributed by atoms with Crippen LogP contribution in [0.3, 0.4) is 0 Å². The maximum absolute atomic E-state index is 10.4. The van der Waals surface area contributed by atoms with Crippen molar-refractivity contribution in [2.45, 2.75) is 19.8 Å². The van der Waals surface area contributed by atoms with Crippen LogP contribution < -0.4 is 0 Å². The van der Waals surface area contributed by atoms with Crippen LogP contribution in [0.1, 0.15) is 25.3 Å². The Hall–Kier alpha value is -1.38. The number of hydrogen-bond acceptors (Lipinski definition) is 2. The lowest BCUT2D eigenvalue weighted by atomic mass is 10.0. The number of nitro benzene ring substituents is 1. The Morgan fingerprint density at radius 1 is 1.50 bits per heavy atom. The van der Waals surface area contributed by atoms with Crippen molar-refractivity contribution in [2.75, 3.05) is 0 Å². The number of hydrogen-bond donors (Lipinski definition) is 0. The lowest BCUT2D eigenvalue weighted by Crippen LogP contribution is -1.92. The second-order valence-electron chi connectivity index (χ2n) is 2.90. The SMILES string of the molecule is CC(C)c1[c]c([N+](=O)[O-])ccc1. The Morgan fingerprint density at radius 3 is 2.67 bits per heavy atom. The van der Waals surface area contributed by atoms with Crippen molar-refractivity contribution in [3.05, 3.63) is 39.9 Å². The molecule has 0 aliphatic rings. The highest BCUT2D eigenvalue weighted by Crippen LogP contribution is 2.18. The lowest BCUT2D eigenvalue weighted by Gasteiger charge is -2.02. The first-order valence-electron chi connectivity index (χ1n) is 3.78. The summed E-state index contributed by atoms with van der Waals surface area (Å²) >= 11 is 0. The van der Waals surface area contributed by atoms with Gasteiger partial charge < -0.3 is 0 Å². The van der Waals surface area contributed by atoms with Crippen molar-refractivity contribution in [3.8, 4) is 0 Å². The molecule has 0 aliphatic heterocycles. The molecule has 63 valence electrons. The Morgan fingerprint density at radius 2 is 2.17 bits per heavy atom. The van der Waals surface area contributed by atoms with E-state index in [0.29, 0.717) is 0 Å². The molecule has 0 heterocycles. The van der Waals surface area contributed by atoms with E-state index in [9.17, 15) is 10.1 Å². The van der Waals surface area contributed by atoms with E-state index in [2.05, 4.69) is 6.07 Å². The zero-order chi connectivity index (χ0) is 9.14. The summed E-state index contributed by atoms with van der Waals surface area (Å²) in [7, 11) is 0. The normalized spacial score (nSPS) is 10.2. The van der Waals surface area contributed by atoms with E-state index < -0.39 is 4.92 Å². The summed E-state index contributed by atoms with van der Waals surface area (Å²) in [5, 5.41) is 10.4. The maximum atomic E-state index is 10.4. The average molecular weight is 164 g/mol. The predicted octanol–water partition coefficient (Wildman–Crippen LogP) is 2.52. The number of nitrogens with zero attached hydrogens (tertiary/aromatic N) is 1. The Labute approximate surface area is 71.2 Å². The molecule has 3 heteroatoms. The predicted molar refractivity (Wildman–Crippen MR) is 46.0 cm³/mol. The highest BCUT2D eigenvalue weighted by molar-refractivity contribution is 5.33. The van der Waals surface area contributed by atoms with E-state index in [0.717, 1.165) is 5.56 Å². The van der Waals surface area contributed by atoms with Crippen molar-refractivity contribution in [1.29, 1.82) is 0 Å². The molecule has 0 N–H and O–H groups in total. The fourth-order valence-electron chi connectivity index (χ4n) is 0.917. The largest absolute Gasteiger partial charge is 0.277 e. The van der Waals surface area contributed by atoms with Gasteiger partial charge in [0.1, 0.15) is 0 Å². The van der Waals surface area contributed by atoms with E-state index in [1.165, 1.54) is 6.07 Å². The highest BCUT2D eigenvalue weighted by atomic mass is 16.6. The standard InChI is InChI=1S/C9H10NO2/c1-7(2)8-4-3-5-9(6-8)10(11)12/h3-5,7H,1-2H3. The molecule has 0 amide bonds. The molecule has 1 radical (unpaired) electrons. The molecule has 0 fully saturated rings. The quantitative estimate of drug-likeness (QED) is 0.498. The molecule has 0 atom stereocenters. The molecule has 0 spiro atoms. The molecule has 0 saturated carbocycles. The van der Waals surface area contributed by atoms with Crippen LogP contribution in [-0.4, -0.2) is 4.92 Å². The summed E-state index contributed by atoms with van der Waals surface area (Å²) in [5.41, 5.74) is 0.922. The van der Waals surface area contributed by atoms with Gasteiger partial charge in [-0.15, -0.1) is 0 Å². The minimum absolute atomic E-state index is 0.0428. The molecule has 0 aliphatic carbocycles. The van der Waals surface area contributed by atoms with Crippen LogP contribution in [0, 0.1) is 16.2 Å². The molecule has 3 nitrogen and oxygen atoms in total. The number of rotatable bonds is 2. The summed E-state index contributed by atoms with van der Waals surface area (Å²) in [4.78, 5) is 9.93. The summed E-state index contributed by atoms with van der Waals surface area (Å²) in [6.07, 6.45) is 0. The van der Waals surface area contributed by atoms with Crippen LogP contribution in [0.5, 0.6) is 0 Å². The van der Waals surface area contributed by atoms with Crippen LogP contribution in [0.4, 0.5) is 5.69 Å². The van der Waals surface area contributed by atoms with Gasteiger partial charge in [-0.05, 0) is 11.5 Å². The van der Waals surface area contributed by atoms with E-state index in [1.54, 1.807) is 6.07 Å². The number of nitro groups is 1. The van der Waals surface area contributed by atoms with Crippen LogP contribution in [0.15, 0.2) is 18.2 Å². The molecule has 1 rings (SSSR count). The van der Waals surface area contributed by atoms with E-state index in [1.807, 2.05) is 19.9 Å². The minimum atomic E-state index is -0.425. The second-order valence-corrected chi connectivity index (χ2v) is 2.90. The van der Waals surface area contributed by atoms with Gasteiger partial charge in [0.25, 0.3) is 5.69 Å². The highest BCUT2D eigenvalue weighted by Gasteiger charge is 2.07. The molecule has 0 saturated heterocycles. The molecule has 0 bridgehead atoms. The van der Waals surface area contributed by atoms with Crippen molar-refractivity contribution < 1.29 is 4.92 Å². The minimum Gasteiger partial charge on any atom is -0.258 e. The zero-order valence-electron chi connectivity index (χ0n) is 7.07. The Balaban J connectivity index is 3.04. The Kier molecular flexibility index (Phi) is 2.43. The van der Waals surface area contributed by atoms with Gasteiger partial charge in [0.2, 0.25) is 0 Å². The van der Waals surface area contributed by atoms with Crippen molar-refractivity contribution in [2.24, 2.45) is 0 Å². The van der Waals surface area contributed by atoms with Crippen LogP contribution in [-0.2, 0) is 0 Å². The summed E-state index contributed by atoms with van der Waals surface area (Å²) in [6.45, 7) is 3.96. The van der Waals surface area contributed by atoms with Gasteiger partial charge in [0, 0.05) is 6.07 Å². The van der Waals surface area contributed by atoms with Gasteiger partial charge in [0.15, 0.2) is 0 Å². The second kappa shape index (κ2) is 3.34. The fourth-order valence-corrected chi connectivity index (χ4v) is 0.917. The summed E-state index contributed by atoms with van der Waals surface area (Å²) in [6, 6.07) is 7.72. The van der Waals surface area contributed by atoms with Crippen LogP contribution in [0.25, 0.3) is 0 Å². The molecule has 1 aromatic carbocycles. The van der Waals surface area contributed by atoms with E-state index >= 15 is 0 Å². The van der Waals surface area contributed by atoms with Gasteiger partial charge in [-0.3, -0.25) is 10.1 Å². The topological polar surface area (TPSA) is 43.1 Å². The van der Waals surface area contributed by atoms with Crippen LogP contribution >= 0.6 is 0 Å². The average Bonchev–Trinajstić information content (AvgIpc) is 2.04. The third-order valence-electron chi connectivity index (χ3n) is 1.62. The smallest absolute Gasteiger partial charge is 0.258 e. The molecular weight excluding hydrogens is 154 g/mol. The lowest BCUT2D eigenvalue weighted by molar-refractivity contribution is -0.385. The van der Waals surface area contributed by atoms with Crippen LogP contribution in [0.2, 0.25) is 0 Å².